The molecule has 4 nitrogen and oxygen atoms in total. The van der Waals surface area contributed by atoms with Gasteiger partial charge in [-0.15, -0.1) is 11.6 Å². The Morgan fingerprint density at radius 2 is 2.36 bits per heavy atom. The first-order valence-electron chi connectivity index (χ1n) is 4.28. The van der Waals surface area contributed by atoms with Gasteiger partial charge in [-0.2, -0.15) is 0 Å². The molecule has 0 aliphatic heterocycles. The molecule has 5 heteroatoms. The molecule has 0 saturated heterocycles. The van der Waals surface area contributed by atoms with Crippen molar-refractivity contribution in [3.63, 3.8) is 0 Å². The molecule has 14 heavy (non-hydrogen) atoms. The molecule has 0 spiro atoms. The Hall–Kier alpha value is -1.29. The molecular weight excluding hydrogens is 202 g/mol. The van der Waals surface area contributed by atoms with Crippen LogP contribution in [-0.2, 0) is 13.5 Å². The minimum absolute atomic E-state index is 0.516. The molecule has 0 bridgehead atoms. The standard InChI is InChI=1S/C9H10ClN3O/c1-13-5-7(12-6-13)8-4-11-9(14-8)2-3-10/h4-6H,2-3H2,1H3. The van der Waals surface area contributed by atoms with Crippen molar-refractivity contribution in [1.29, 1.82) is 0 Å². The van der Waals surface area contributed by atoms with Gasteiger partial charge in [0, 0.05) is 25.5 Å². The Balaban J connectivity index is 2.24. The summed E-state index contributed by atoms with van der Waals surface area (Å²) in [6, 6.07) is 0. The van der Waals surface area contributed by atoms with Gasteiger partial charge < -0.3 is 8.98 Å². The molecule has 0 unspecified atom stereocenters. The van der Waals surface area contributed by atoms with E-state index >= 15 is 0 Å². The second-order valence-corrected chi connectivity index (χ2v) is 3.36. The number of alkyl halides is 1. The van der Waals surface area contributed by atoms with Crippen LogP contribution < -0.4 is 0 Å². The molecule has 2 rings (SSSR count). The number of hydrogen-bond donors (Lipinski definition) is 0. The average Bonchev–Trinajstić information content (AvgIpc) is 2.74. The second kappa shape index (κ2) is 3.84. The molecule has 2 aromatic rings. The first kappa shape index (κ1) is 9.27. The van der Waals surface area contributed by atoms with Gasteiger partial charge in [-0.1, -0.05) is 0 Å². The molecule has 0 atom stereocenters. The predicted molar refractivity (Wildman–Crippen MR) is 53.1 cm³/mol. The molecule has 0 aliphatic carbocycles. The van der Waals surface area contributed by atoms with Gasteiger partial charge in [0.2, 0.25) is 0 Å². The highest BCUT2D eigenvalue weighted by Gasteiger charge is 2.07. The SMILES string of the molecule is Cn1cnc(-c2cnc(CCCl)o2)c1. The molecule has 0 fully saturated rings. The van der Waals surface area contributed by atoms with Crippen LogP contribution in [-0.4, -0.2) is 20.4 Å². The lowest BCUT2D eigenvalue weighted by Gasteiger charge is -1.88. The summed E-state index contributed by atoms with van der Waals surface area (Å²) >= 11 is 5.58. The van der Waals surface area contributed by atoms with E-state index in [1.165, 1.54) is 0 Å². The summed E-state index contributed by atoms with van der Waals surface area (Å²) in [5.74, 6) is 1.86. The lowest BCUT2D eigenvalue weighted by Crippen LogP contribution is -1.83. The zero-order chi connectivity index (χ0) is 9.97. The first-order chi connectivity index (χ1) is 6.79. The minimum Gasteiger partial charge on any atom is -0.439 e. The molecule has 0 radical (unpaired) electrons. The fraction of sp³-hybridized carbons (Fsp3) is 0.333. The van der Waals surface area contributed by atoms with E-state index in [9.17, 15) is 0 Å². The molecule has 74 valence electrons. The number of nitrogens with zero attached hydrogens (tertiary/aromatic N) is 3. The van der Waals surface area contributed by atoms with Crippen molar-refractivity contribution in [2.45, 2.75) is 6.42 Å². The summed E-state index contributed by atoms with van der Waals surface area (Å²) in [5.41, 5.74) is 0.792. The maximum atomic E-state index is 5.58. The molecule has 0 amide bonds. The highest BCUT2D eigenvalue weighted by Crippen LogP contribution is 2.17. The molecule has 0 N–H and O–H groups in total. The molecule has 2 heterocycles. The number of oxazole rings is 1. The van der Waals surface area contributed by atoms with Crippen LogP contribution in [0, 0.1) is 0 Å². The summed E-state index contributed by atoms with van der Waals surface area (Å²) in [6.45, 7) is 0. The van der Waals surface area contributed by atoms with Gasteiger partial charge in [0.05, 0.1) is 12.5 Å². The Morgan fingerprint density at radius 3 is 3.00 bits per heavy atom. The van der Waals surface area contributed by atoms with Gasteiger partial charge >= 0.3 is 0 Å². The van der Waals surface area contributed by atoms with Gasteiger partial charge in [0.25, 0.3) is 0 Å². The number of aromatic nitrogens is 3. The van der Waals surface area contributed by atoms with Gasteiger partial charge in [0.1, 0.15) is 5.69 Å². The Morgan fingerprint density at radius 1 is 1.50 bits per heavy atom. The largest absolute Gasteiger partial charge is 0.439 e. The minimum atomic E-state index is 0.516. The van der Waals surface area contributed by atoms with Gasteiger partial charge in [-0.25, -0.2) is 9.97 Å². The monoisotopic (exact) mass is 211 g/mol. The summed E-state index contributed by atoms with van der Waals surface area (Å²) in [4.78, 5) is 8.25. The highest BCUT2D eigenvalue weighted by atomic mass is 35.5. The van der Waals surface area contributed by atoms with E-state index < -0.39 is 0 Å². The summed E-state index contributed by atoms with van der Waals surface area (Å²) in [6.07, 6.45) is 5.92. The first-order valence-corrected chi connectivity index (χ1v) is 4.82. The van der Waals surface area contributed by atoms with Crippen LogP contribution in [0.3, 0.4) is 0 Å². The van der Waals surface area contributed by atoms with Crippen molar-refractivity contribution in [2.24, 2.45) is 7.05 Å². The van der Waals surface area contributed by atoms with Crippen molar-refractivity contribution in [3.8, 4) is 11.5 Å². The lowest BCUT2D eigenvalue weighted by molar-refractivity contribution is 0.513. The van der Waals surface area contributed by atoms with Gasteiger partial charge in [-0.05, 0) is 0 Å². The average molecular weight is 212 g/mol. The van der Waals surface area contributed by atoms with Crippen LogP contribution in [0.5, 0.6) is 0 Å². The van der Waals surface area contributed by atoms with Crippen LogP contribution in [0.2, 0.25) is 0 Å². The number of aryl methyl sites for hydroxylation is 2. The van der Waals surface area contributed by atoms with Crippen molar-refractivity contribution in [3.05, 3.63) is 24.6 Å². The quantitative estimate of drug-likeness (QED) is 0.728. The maximum absolute atomic E-state index is 5.58. The fourth-order valence-electron chi connectivity index (χ4n) is 1.17. The maximum Gasteiger partial charge on any atom is 0.196 e. The third-order valence-corrected chi connectivity index (χ3v) is 2.01. The normalized spacial score (nSPS) is 10.7. The van der Waals surface area contributed by atoms with Crippen molar-refractivity contribution < 1.29 is 4.42 Å². The number of imidazole rings is 1. The topological polar surface area (TPSA) is 43.9 Å². The summed E-state index contributed by atoms with van der Waals surface area (Å²) in [7, 11) is 1.91. The van der Waals surface area contributed by atoms with Crippen LogP contribution in [0.4, 0.5) is 0 Å². The molecule has 2 aromatic heterocycles. The smallest absolute Gasteiger partial charge is 0.196 e. The van der Waals surface area contributed by atoms with Gasteiger partial charge in [-0.3, -0.25) is 0 Å². The van der Waals surface area contributed by atoms with E-state index in [2.05, 4.69) is 9.97 Å². The van der Waals surface area contributed by atoms with E-state index in [1.54, 1.807) is 12.5 Å². The van der Waals surface area contributed by atoms with E-state index in [1.807, 2.05) is 17.8 Å². The molecular formula is C9H10ClN3O. The lowest BCUT2D eigenvalue weighted by atomic mass is 10.4. The highest BCUT2D eigenvalue weighted by molar-refractivity contribution is 6.17. The Kier molecular flexibility index (Phi) is 2.54. The van der Waals surface area contributed by atoms with Crippen molar-refractivity contribution >= 4 is 11.6 Å². The summed E-state index contributed by atoms with van der Waals surface area (Å²) in [5, 5.41) is 0. The number of hydrogen-bond acceptors (Lipinski definition) is 3. The van der Waals surface area contributed by atoms with E-state index in [0.717, 1.165) is 5.69 Å². The third-order valence-electron chi connectivity index (χ3n) is 1.82. The molecule has 0 aliphatic rings. The molecule has 0 saturated carbocycles. The molecule has 0 aromatic carbocycles. The van der Waals surface area contributed by atoms with Gasteiger partial charge in [0.15, 0.2) is 11.7 Å². The number of halogens is 1. The van der Waals surface area contributed by atoms with Crippen LogP contribution in [0.25, 0.3) is 11.5 Å². The van der Waals surface area contributed by atoms with Crippen molar-refractivity contribution in [2.75, 3.05) is 5.88 Å². The zero-order valence-corrected chi connectivity index (χ0v) is 8.53. The summed E-state index contributed by atoms with van der Waals surface area (Å²) < 4.78 is 7.31. The Bertz CT molecular complexity index is 421. The Labute approximate surface area is 86.5 Å². The fourth-order valence-corrected chi connectivity index (χ4v) is 1.33. The third kappa shape index (κ3) is 1.80. The van der Waals surface area contributed by atoms with Crippen LogP contribution in [0.1, 0.15) is 5.89 Å². The second-order valence-electron chi connectivity index (χ2n) is 2.98. The van der Waals surface area contributed by atoms with Crippen LogP contribution in [0.15, 0.2) is 23.1 Å². The number of rotatable bonds is 3. The van der Waals surface area contributed by atoms with E-state index in [4.69, 9.17) is 16.0 Å². The van der Waals surface area contributed by atoms with E-state index in [-0.39, 0.29) is 0 Å². The van der Waals surface area contributed by atoms with E-state index in [0.29, 0.717) is 24.0 Å². The van der Waals surface area contributed by atoms with Crippen LogP contribution >= 0.6 is 11.6 Å². The predicted octanol–water partition coefficient (Wildman–Crippen LogP) is 1.86. The van der Waals surface area contributed by atoms with Crippen molar-refractivity contribution in [1.82, 2.24) is 14.5 Å². The zero-order valence-electron chi connectivity index (χ0n) is 7.77.